The quantitative estimate of drug-likeness (QED) is 0.600. The molecule has 9 heteroatoms. The molecule has 0 aliphatic heterocycles. The molecule has 0 amide bonds. The Morgan fingerprint density at radius 1 is 1.26 bits per heavy atom. The van der Waals surface area contributed by atoms with E-state index in [-0.39, 0.29) is 6.42 Å². The maximum atomic E-state index is 11.0. The minimum atomic E-state index is -1.31. The van der Waals surface area contributed by atoms with Crippen LogP contribution in [0.1, 0.15) is 12.0 Å². The topological polar surface area (TPSA) is 131 Å². The van der Waals surface area contributed by atoms with E-state index >= 15 is 0 Å². The smallest absolute Gasteiger partial charge is 0.321 e. The molecule has 0 fully saturated rings. The van der Waals surface area contributed by atoms with Crippen molar-refractivity contribution in [1.82, 2.24) is 14.8 Å². The standard InChI is InChI=1S/C14H16N4O4S/c15-12(13(21)22)10(6-11(19)20)23-14-16-8-18(17-14)7-9-4-2-1-3-5-9/h1-5,8,10,12H,6-7,15H2,(H,19,20)(H,21,22). The molecule has 1 aromatic heterocycles. The summed E-state index contributed by atoms with van der Waals surface area (Å²) in [4.78, 5) is 25.9. The number of hydrogen-bond donors (Lipinski definition) is 3. The average molecular weight is 336 g/mol. The summed E-state index contributed by atoms with van der Waals surface area (Å²) in [5.74, 6) is -2.38. The molecule has 1 heterocycles. The van der Waals surface area contributed by atoms with Crippen LogP contribution in [-0.4, -0.2) is 48.2 Å². The molecule has 2 aromatic rings. The van der Waals surface area contributed by atoms with Gasteiger partial charge in [-0.1, -0.05) is 42.1 Å². The van der Waals surface area contributed by atoms with Crippen LogP contribution in [0.15, 0.2) is 41.8 Å². The Morgan fingerprint density at radius 3 is 2.57 bits per heavy atom. The third-order valence-corrected chi connectivity index (χ3v) is 4.18. The van der Waals surface area contributed by atoms with Crippen molar-refractivity contribution in [2.75, 3.05) is 0 Å². The summed E-state index contributed by atoms with van der Waals surface area (Å²) < 4.78 is 1.60. The molecule has 122 valence electrons. The van der Waals surface area contributed by atoms with Crippen molar-refractivity contribution in [3.05, 3.63) is 42.2 Å². The number of hydrogen-bond acceptors (Lipinski definition) is 6. The maximum absolute atomic E-state index is 11.0. The number of aliphatic carboxylic acids is 2. The zero-order chi connectivity index (χ0) is 16.8. The number of nitrogens with two attached hydrogens (primary N) is 1. The highest BCUT2D eigenvalue weighted by molar-refractivity contribution is 7.99. The van der Waals surface area contributed by atoms with E-state index in [1.54, 1.807) is 4.68 Å². The summed E-state index contributed by atoms with van der Waals surface area (Å²) >= 11 is 0.955. The number of carboxylic acids is 2. The van der Waals surface area contributed by atoms with Crippen molar-refractivity contribution in [3.63, 3.8) is 0 Å². The molecule has 2 unspecified atom stereocenters. The second-order valence-corrected chi connectivity index (χ2v) is 6.03. The lowest BCUT2D eigenvalue weighted by atomic mass is 10.1. The number of thioether (sulfide) groups is 1. The van der Waals surface area contributed by atoms with Crippen LogP contribution in [0.5, 0.6) is 0 Å². The van der Waals surface area contributed by atoms with Gasteiger partial charge in [0.05, 0.1) is 13.0 Å². The molecular weight excluding hydrogens is 320 g/mol. The lowest BCUT2D eigenvalue weighted by Crippen LogP contribution is -2.41. The third kappa shape index (κ3) is 5.08. The Kier molecular flexibility index (Phi) is 5.72. The van der Waals surface area contributed by atoms with Gasteiger partial charge >= 0.3 is 11.9 Å². The SMILES string of the molecule is NC(C(=O)O)C(CC(=O)O)Sc1ncn(Cc2ccccc2)n1. The minimum Gasteiger partial charge on any atom is -0.481 e. The molecule has 23 heavy (non-hydrogen) atoms. The first-order chi connectivity index (χ1) is 11.0. The molecule has 0 aliphatic carbocycles. The van der Waals surface area contributed by atoms with Gasteiger partial charge in [0.1, 0.15) is 12.4 Å². The van der Waals surface area contributed by atoms with Crippen molar-refractivity contribution in [3.8, 4) is 0 Å². The van der Waals surface area contributed by atoms with E-state index in [1.165, 1.54) is 6.33 Å². The van der Waals surface area contributed by atoms with E-state index in [9.17, 15) is 9.59 Å². The zero-order valence-electron chi connectivity index (χ0n) is 12.1. The molecule has 2 atom stereocenters. The number of aromatic nitrogens is 3. The molecule has 8 nitrogen and oxygen atoms in total. The van der Waals surface area contributed by atoms with E-state index in [1.807, 2.05) is 30.3 Å². The van der Waals surface area contributed by atoms with Gasteiger partial charge in [-0.15, -0.1) is 5.10 Å². The second kappa shape index (κ2) is 7.75. The molecule has 0 bridgehead atoms. The molecular formula is C14H16N4O4S. The van der Waals surface area contributed by atoms with Gasteiger partial charge in [-0.2, -0.15) is 0 Å². The maximum Gasteiger partial charge on any atom is 0.321 e. The van der Waals surface area contributed by atoms with Crippen molar-refractivity contribution in [1.29, 1.82) is 0 Å². The largest absolute Gasteiger partial charge is 0.481 e. The zero-order valence-corrected chi connectivity index (χ0v) is 12.9. The fraction of sp³-hybridized carbons (Fsp3) is 0.286. The predicted molar refractivity (Wildman–Crippen MR) is 83.1 cm³/mol. The van der Waals surface area contributed by atoms with Crippen LogP contribution >= 0.6 is 11.8 Å². The molecule has 0 aliphatic rings. The van der Waals surface area contributed by atoms with Gasteiger partial charge in [0.25, 0.3) is 0 Å². The number of nitrogens with zero attached hydrogens (tertiary/aromatic N) is 3. The lowest BCUT2D eigenvalue weighted by Gasteiger charge is -2.16. The fourth-order valence-corrected chi connectivity index (χ4v) is 2.91. The number of benzene rings is 1. The van der Waals surface area contributed by atoms with Gasteiger partial charge < -0.3 is 15.9 Å². The second-order valence-electron chi connectivity index (χ2n) is 4.83. The summed E-state index contributed by atoms with van der Waals surface area (Å²) in [7, 11) is 0. The Labute approximate surface area is 136 Å². The highest BCUT2D eigenvalue weighted by Crippen LogP contribution is 2.24. The first-order valence-electron chi connectivity index (χ1n) is 6.76. The van der Waals surface area contributed by atoms with Crippen LogP contribution in [0.3, 0.4) is 0 Å². The Bertz CT molecular complexity index is 676. The summed E-state index contributed by atoms with van der Waals surface area (Å²) in [6, 6.07) is 8.32. The monoisotopic (exact) mass is 336 g/mol. The molecule has 0 radical (unpaired) electrons. The Morgan fingerprint density at radius 2 is 1.96 bits per heavy atom. The Hall–Kier alpha value is -2.39. The van der Waals surface area contributed by atoms with Crippen LogP contribution in [0.2, 0.25) is 0 Å². The summed E-state index contributed by atoms with van der Waals surface area (Å²) in [6.07, 6.45) is 1.13. The van der Waals surface area contributed by atoms with Gasteiger partial charge in [0.15, 0.2) is 0 Å². The molecule has 4 N–H and O–H groups in total. The predicted octanol–water partition coefficient (Wildman–Crippen LogP) is 0.674. The third-order valence-electron chi connectivity index (χ3n) is 3.02. The molecule has 0 spiro atoms. The number of carboxylic acid groups (broad SMARTS) is 2. The van der Waals surface area contributed by atoms with Crippen molar-refractivity contribution in [2.24, 2.45) is 5.73 Å². The van der Waals surface area contributed by atoms with Crippen LogP contribution in [0.4, 0.5) is 0 Å². The first kappa shape index (κ1) is 17.0. The number of carbonyl (C=O) groups is 2. The van der Waals surface area contributed by atoms with E-state index in [0.29, 0.717) is 11.7 Å². The van der Waals surface area contributed by atoms with Gasteiger partial charge in [-0.05, 0) is 5.56 Å². The minimum absolute atomic E-state index is 0.295. The van der Waals surface area contributed by atoms with E-state index < -0.39 is 23.2 Å². The van der Waals surface area contributed by atoms with Crippen LogP contribution in [-0.2, 0) is 16.1 Å². The van der Waals surface area contributed by atoms with Crippen molar-refractivity contribution >= 4 is 23.7 Å². The molecule has 0 saturated carbocycles. The normalized spacial score (nSPS) is 13.4. The summed E-state index contributed by atoms with van der Waals surface area (Å²) in [5.41, 5.74) is 6.58. The van der Waals surface area contributed by atoms with Crippen LogP contribution in [0.25, 0.3) is 0 Å². The van der Waals surface area contributed by atoms with Gasteiger partial charge in [0, 0.05) is 5.25 Å². The number of rotatable bonds is 8. The Balaban J connectivity index is 2.06. The van der Waals surface area contributed by atoms with E-state index in [2.05, 4.69) is 10.1 Å². The summed E-state index contributed by atoms with van der Waals surface area (Å²) in [5, 5.41) is 21.5. The van der Waals surface area contributed by atoms with Gasteiger partial charge in [-0.25, -0.2) is 9.67 Å². The van der Waals surface area contributed by atoms with Gasteiger partial charge in [-0.3, -0.25) is 9.59 Å². The molecule has 1 aromatic carbocycles. The van der Waals surface area contributed by atoms with Crippen molar-refractivity contribution < 1.29 is 19.8 Å². The summed E-state index contributed by atoms with van der Waals surface area (Å²) in [6.45, 7) is 0.517. The fourth-order valence-electron chi connectivity index (χ4n) is 1.89. The lowest BCUT2D eigenvalue weighted by molar-refractivity contribution is -0.139. The van der Waals surface area contributed by atoms with Crippen LogP contribution < -0.4 is 5.73 Å². The first-order valence-corrected chi connectivity index (χ1v) is 7.64. The highest BCUT2D eigenvalue weighted by Gasteiger charge is 2.28. The van der Waals surface area contributed by atoms with Crippen molar-refractivity contribution in [2.45, 2.75) is 29.4 Å². The van der Waals surface area contributed by atoms with Gasteiger partial charge in [0.2, 0.25) is 5.16 Å². The van der Waals surface area contributed by atoms with E-state index in [0.717, 1.165) is 17.3 Å². The molecule has 0 saturated heterocycles. The average Bonchev–Trinajstić information content (AvgIpc) is 2.93. The van der Waals surface area contributed by atoms with E-state index in [4.69, 9.17) is 15.9 Å². The molecule has 2 rings (SSSR count). The van der Waals surface area contributed by atoms with Crippen LogP contribution in [0, 0.1) is 0 Å². The highest BCUT2D eigenvalue weighted by atomic mass is 32.2.